The summed E-state index contributed by atoms with van der Waals surface area (Å²) in [4.78, 5) is 17.2. The molecule has 5 heteroatoms. The number of H-pyrrole nitrogens is 1. The van der Waals surface area contributed by atoms with Crippen molar-refractivity contribution in [2.75, 3.05) is 13.2 Å². The Morgan fingerprint density at radius 1 is 1.50 bits per heavy atom. The number of carbonyl (C=O) groups excluding carboxylic acids is 1. The normalized spacial score (nSPS) is 18.1. The molecule has 20 heavy (non-hydrogen) atoms. The molecular formula is C15H19N3O2. The van der Waals surface area contributed by atoms with Gasteiger partial charge in [-0.1, -0.05) is 18.2 Å². The lowest BCUT2D eigenvalue weighted by molar-refractivity contribution is 0.121. The number of amides is 2. The van der Waals surface area contributed by atoms with Crippen LogP contribution in [-0.2, 0) is 13.0 Å². The minimum atomic E-state index is -0.159. The summed E-state index contributed by atoms with van der Waals surface area (Å²) in [6, 6.07) is 7.86. The van der Waals surface area contributed by atoms with Gasteiger partial charge in [-0.3, -0.25) is 0 Å². The molecule has 3 rings (SSSR count). The third-order valence-corrected chi connectivity index (χ3v) is 3.91. The van der Waals surface area contributed by atoms with Crippen molar-refractivity contribution in [2.24, 2.45) is 0 Å². The van der Waals surface area contributed by atoms with Crippen molar-refractivity contribution >= 4 is 16.9 Å². The van der Waals surface area contributed by atoms with Crippen LogP contribution in [0.1, 0.15) is 18.2 Å². The molecule has 2 amide bonds. The van der Waals surface area contributed by atoms with Crippen molar-refractivity contribution < 1.29 is 9.90 Å². The number of aromatic amines is 1. The van der Waals surface area contributed by atoms with Gasteiger partial charge in [-0.05, 0) is 25.0 Å². The summed E-state index contributed by atoms with van der Waals surface area (Å²) in [5.41, 5.74) is 3.38. The van der Waals surface area contributed by atoms with Crippen LogP contribution in [0.3, 0.4) is 0 Å². The second-order valence-corrected chi connectivity index (χ2v) is 5.13. The van der Waals surface area contributed by atoms with Gasteiger partial charge in [-0.2, -0.15) is 0 Å². The molecular weight excluding hydrogens is 254 g/mol. The standard InChI is InChI=1S/C15H19N3O2/c1-2-16-15(20)18-8-14-12(7-10(18)9-19)11-5-3-4-6-13(11)17-14/h3-6,10,17,19H,2,7-9H2,1H3,(H,16,20). The van der Waals surface area contributed by atoms with E-state index in [1.54, 1.807) is 4.90 Å². The highest BCUT2D eigenvalue weighted by atomic mass is 16.3. The van der Waals surface area contributed by atoms with Crippen LogP contribution in [0.4, 0.5) is 4.79 Å². The molecule has 1 aromatic heterocycles. The van der Waals surface area contributed by atoms with Gasteiger partial charge in [0.1, 0.15) is 0 Å². The van der Waals surface area contributed by atoms with Gasteiger partial charge in [-0.15, -0.1) is 0 Å². The van der Waals surface area contributed by atoms with Crippen LogP contribution in [-0.4, -0.2) is 40.2 Å². The second kappa shape index (κ2) is 5.17. The molecule has 1 aliphatic rings. The summed E-state index contributed by atoms with van der Waals surface area (Å²) >= 11 is 0. The molecule has 5 nitrogen and oxygen atoms in total. The zero-order valence-corrected chi connectivity index (χ0v) is 11.5. The Bertz CT molecular complexity index is 635. The topological polar surface area (TPSA) is 68.4 Å². The lowest BCUT2D eigenvalue weighted by Crippen LogP contribution is -2.50. The van der Waals surface area contributed by atoms with Gasteiger partial charge < -0.3 is 20.3 Å². The van der Waals surface area contributed by atoms with E-state index in [0.29, 0.717) is 19.5 Å². The van der Waals surface area contributed by atoms with E-state index in [1.165, 1.54) is 10.9 Å². The smallest absolute Gasteiger partial charge is 0.318 e. The minimum Gasteiger partial charge on any atom is -0.394 e. The maximum atomic E-state index is 12.1. The minimum absolute atomic E-state index is 0.0178. The number of hydrogen-bond acceptors (Lipinski definition) is 2. The van der Waals surface area contributed by atoms with Crippen LogP contribution >= 0.6 is 0 Å². The number of urea groups is 1. The Morgan fingerprint density at radius 2 is 2.30 bits per heavy atom. The molecule has 2 aromatic rings. The molecule has 2 heterocycles. The Morgan fingerprint density at radius 3 is 3.05 bits per heavy atom. The number of rotatable bonds is 2. The predicted octanol–water partition coefficient (Wildman–Crippen LogP) is 1.62. The average Bonchev–Trinajstić information content (AvgIpc) is 2.83. The summed E-state index contributed by atoms with van der Waals surface area (Å²) in [5, 5.41) is 13.6. The number of aliphatic hydroxyl groups excluding tert-OH is 1. The van der Waals surface area contributed by atoms with Crippen molar-refractivity contribution in [1.29, 1.82) is 0 Å². The fourth-order valence-electron chi connectivity index (χ4n) is 2.92. The predicted molar refractivity (Wildman–Crippen MR) is 77.5 cm³/mol. The maximum absolute atomic E-state index is 12.1. The van der Waals surface area contributed by atoms with Crippen molar-refractivity contribution in [2.45, 2.75) is 25.9 Å². The van der Waals surface area contributed by atoms with E-state index in [9.17, 15) is 9.90 Å². The van der Waals surface area contributed by atoms with E-state index < -0.39 is 0 Å². The molecule has 0 radical (unpaired) electrons. The fourth-order valence-corrected chi connectivity index (χ4v) is 2.92. The number of benzene rings is 1. The second-order valence-electron chi connectivity index (χ2n) is 5.13. The van der Waals surface area contributed by atoms with Gasteiger partial charge in [0.15, 0.2) is 0 Å². The molecule has 0 aliphatic carbocycles. The van der Waals surface area contributed by atoms with Crippen LogP contribution in [0, 0.1) is 0 Å². The van der Waals surface area contributed by atoms with Crippen LogP contribution in [0.15, 0.2) is 24.3 Å². The highest BCUT2D eigenvalue weighted by Gasteiger charge is 2.31. The molecule has 1 aliphatic heterocycles. The van der Waals surface area contributed by atoms with Gasteiger partial charge in [0.2, 0.25) is 0 Å². The lowest BCUT2D eigenvalue weighted by Gasteiger charge is -2.34. The van der Waals surface area contributed by atoms with Crippen LogP contribution in [0.25, 0.3) is 10.9 Å². The van der Waals surface area contributed by atoms with E-state index in [4.69, 9.17) is 0 Å². The third-order valence-electron chi connectivity index (χ3n) is 3.91. The molecule has 1 atom stereocenters. The highest BCUT2D eigenvalue weighted by Crippen LogP contribution is 2.30. The summed E-state index contributed by atoms with van der Waals surface area (Å²) < 4.78 is 0. The SMILES string of the molecule is CCNC(=O)N1Cc2[nH]c3ccccc3c2CC1CO. The molecule has 3 N–H and O–H groups in total. The zero-order valence-electron chi connectivity index (χ0n) is 11.5. The maximum Gasteiger partial charge on any atom is 0.318 e. The Kier molecular flexibility index (Phi) is 3.36. The molecule has 1 aromatic carbocycles. The molecule has 1 unspecified atom stereocenters. The summed E-state index contributed by atoms with van der Waals surface area (Å²) in [5.74, 6) is 0. The van der Waals surface area contributed by atoms with Crippen LogP contribution < -0.4 is 5.32 Å². The Hall–Kier alpha value is -2.01. The third kappa shape index (κ3) is 2.04. The lowest BCUT2D eigenvalue weighted by atomic mass is 9.97. The zero-order chi connectivity index (χ0) is 14.1. The Balaban J connectivity index is 1.98. The van der Waals surface area contributed by atoms with E-state index in [2.05, 4.69) is 16.4 Å². The van der Waals surface area contributed by atoms with Gasteiger partial charge in [0.05, 0.1) is 19.2 Å². The Labute approximate surface area is 117 Å². The van der Waals surface area contributed by atoms with Gasteiger partial charge in [0, 0.05) is 23.1 Å². The first-order valence-corrected chi connectivity index (χ1v) is 6.98. The summed E-state index contributed by atoms with van der Waals surface area (Å²) in [7, 11) is 0. The van der Waals surface area contributed by atoms with Crippen molar-refractivity contribution in [3.05, 3.63) is 35.5 Å². The molecule has 106 valence electrons. The number of aromatic nitrogens is 1. The van der Waals surface area contributed by atoms with Crippen LogP contribution in [0.5, 0.6) is 0 Å². The fraction of sp³-hybridized carbons (Fsp3) is 0.400. The van der Waals surface area contributed by atoms with Crippen molar-refractivity contribution in [3.8, 4) is 0 Å². The number of para-hydroxylation sites is 1. The first-order chi connectivity index (χ1) is 9.74. The van der Waals surface area contributed by atoms with Crippen molar-refractivity contribution in [3.63, 3.8) is 0 Å². The first kappa shape index (κ1) is 13.0. The summed E-state index contributed by atoms with van der Waals surface area (Å²) in [6.07, 6.45) is 0.687. The highest BCUT2D eigenvalue weighted by molar-refractivity contribution is 5.85. The molecule has 0 saturated heterocycles. The van der Waals surface area contributed by atoms with Gasteiger partial charge in [0.25, 0.3) is 0 Å². The van der Waals surface area contributed by atoms with Crippen molar-refractivity contribution in [1.82, 2.24) is 15.2 Å². The first-order valence-electron chi connectivity index (χ1n) is 6.98. The van der Waals surface area contributed by atoms with E-state index in [0.717, 1.165) is 11.2 Å². The molecule has 0 fully saturated rings. The molecule has 0 bridgehead atoms. The van der Waals surface area contributed by atoms with Gasteiger partial charge >= 0.3 is 6.03 Å². The average molecular weight is 273 g/mol. The number of fused-ring (bicyclic) bond motifs is 3. The number of nitrogens with zero attached hydrogens (tertiary/aromatic N) is 1. The number of hydrogen-bond donors (Lipinski definition) is 3. The van der Waals surface area contributed by atoms with E-state index in [-0.39, 0.29) is 18.7 Å². The quantitative estimate of drug-likeness (QED) is 0.778. The van der Waals surface area contributed by atoms with E-state index in [1.807, 2.05) is 25.1 Å². The number of carbonyl (C=O) groups is 1. The van der Waals surface area contributed by atoms with Crippen LogP contribution in [0.2, 0.25) is 0 Å². The van der Waals surface area contributed by atoms with E-state index >= 15 is 0 Å². The number of nitrogens with one attached hydrogen (secondary N) is 2. The van der Waals surface area contributed by atoms with Gasteiger partial charge in [-0.25, -0.2) is 4.79 Å². The summed E-state index contributed by atoms with van der Waals surface area (Å²) in [6.45, 7) is 2.98. The molecule has 0 spiro atoms. The monoisotopic (exact) mass is 273 g/mol. The largest absolute Gasteiger partial charge is 0.394 e. The molecule has 0 saturated carbocycles. The number of aliphatic hydroxyl groups is 1.